The molecule has 0 saturated carbocycles. The molecule has 0 aliphatic carbocycles. The van der Waals surface area contributed by atoms with E-state index in [1.165, 1.54) is 12.4 Å². The van der Waals surface area contributed by atoms with Crippen molar-refractivity contribution in [3.63, 3.8) is 0 Å². The van der Waals surface area contributed by atoms with E-state index in [-0.39, 0.29) is 12.5 Å². The molecule has 4 aromatic rings. The molecule has 0 aromatic carbocycles. The summed E-state index contributed by atoms with van der Waals surface area (Å²) in [7, 11) is 0. The zero-order valence-corrected chi connectivity index (χ0v) is 18.2. The largest absolute Gasteiger partial charge is 0.554 e. The molecule has 0 bridgehead atoms. The van der Waals surface area contributed by atoms with Crippen molar-refractivity contribution in [2.24, 2.45) is 0 Å². The molecule has 0 atom stereocenters. The number of halogens is 3. The van der Waals surface area contributed by atoms with Gasteiger partial charge in [0.25, 0.3) is 5.91 Å². The number of amides is 1. The molecule has 34 heavy (non-hydrogen) atoms. The van der Waals surface area contributed by atoms with Gasteiger partial charge < -0.3 is 19.7 Å². The van der Waals surface area contributed by atoms with Crippen molar-refractivity contribution in [1.29, 1.82) is 0 Å². The van der Waals surface area contributed by atoms with Gasteiger partial charge in [-0.05, 0) is 26.0 Å². The van der Waals surface area contributed by atoms with Crippen LogP contribution in [0.2, 0.25) is 0 Å². The van der Waals surface area contributed by atoms with Gasteiger partial charge in [-0.3, -0.25) is 9.20 Å². The van der Waals surface area contributed by atoms with E-state index in [1.54, 1.807) is 29.1 Å². The van der Waals surface area contributed by atoms with Crippen LogP contribution in [0.5, 0.6) is 0 Å². The number of fused-ring (bicyclic) bond motifs is 1. The summed E-state index contributed by atoms with van der Waals surface area (Å²) in [4.78, 5) is 25.1. The second kappa shape index (κ2) is 10.1. The summed E-state index contributed by atoms with van der Waals surface area (Å²) in [6.07, 6.45) is 1.75. The fourth-order valence-corrected chi connectivity index (χ4v) is 3.35. The standard InChI is InChI=1S/C21H18F3N5O2.CH2O2/c1-13-19(14(2)31-27-13)17-12-26-18-11-15(3-9-29(17)18)20(30)25-6-10-28-7-4-16(5-8-28)21(22,23)24;2-1-3/h3-5,7-9,11-12H,6,10H2,1-2H3;1H,(H,2,3). The number of alkyl halides is 3. The molecule has 1 amide bonds. The summed E-state index contributed by atoms with van der Waals surface area (Å²) in [6.45, 7) is 3.78. The highest BCUT2D eigenvalue weighted by Gasteiger charge is 2.31. The van der Waals surface area contributed by atoms with Crippen LogP contribution in [-0.4, -0.2) is 33.5 Å². The maximum atomic E-state index is 12.6. The van der Waals surface area contributed by atoms with E-state index in [9.17, 15) is 18.0 Å². The van der Waals surface area contributed by atoms with Crippen molar-refractivity contribution in [1.82, 2.24) is 19.9 Å². The quantitative estimate of drug-likeness (QED) is 0.347. The van der Waals surface area contributed by atoms with Crippen LogP contribution in [-0.2, 0) is 17.5 Å². The molecule has 0 spiro atoms. The van der Waals surface area contributed by atoms with Gasteiger partial charge >= 0.3 is 6.18 Å². The van der Waals surface area contributed by atoms with Crippen LogP contribution >= 0.6 is 0 Å². The summed E-state index contributed by atoms with van der Waals surface area (Å²) in [5.41, 5.74) is 2.74. The third-order valence-electron chi connectivity index (χ3n) is 4.94. The first kappa shape index (κ1) is 24.4. The van der Waals surface area contributed by atoms with Gasteiger partial charge in [0.1, 0.15) is 11.4 Å². The third kappa shape index (κ3) is 5.39. The fraction of sp³-hybridized carbons (Fsp3) is 0.227. The minimum absolute atomic E-state index is 0.263. The number of hydrogen-bond acceptors (Lipinski definition) is 6. The zero-order valence-electron chi connectivity index (χ0n) is 18.2. The van der Waals surface area contributed by atoms with Crippen LogP contribution in [0.4, 0.5) is 13.2 Å². The van der Waals surface area contributed by atoms with Crippen LogP contribution in [0.1, 0.15) is 27.4 Å². The molecule has 12 heteroatoms. The molecule has 0 saturated heterocycles. The van der Waals surface area contributed by atoms with Crippen LogP contribution in [0.3, 0.4) is 0 Å². The lowest BCUT2D eigenvalue weighted by Gasteiger charge is -2.06. The number of imidazole rings is 1. The van der Waals surface area contributed by atoms with E-state index >= 15 is 0 Å². The molecular formula is C22H20F3N5O4. The Kier molecular flexibility index (Phi) is 7.29. The Hall–Kier alpha value is -4.22. The first-order chi connectivity index (χ1) is 16.2. The van der Waals surface area contributed by atoms with Gasteiger partial charge in [0.2, 0.25) is 0 Å². The van der Waals surface area contributed by atoms with Gasteiger partial charge in [0.15, 0.2) is 18.9 Å². The second-order valence-electron chi connectivity index (χ2n) is 7.16. The molecule has 1 N–H and O–H groups in total. The summed E-state index contributed by atoms with van der Waals surface area (Å²) in [6, 6.07) is 5.36. The Morgan fingerprint density at radius 2 is 1.94 bits per heavy atom. The maximum Gasteiger partial charge on any atom is 0.416 e. The summed E-state index contributed by atoms with van der Waals surface area (Å²) < 4.78 is 46.5. The molecule has 4 heterocycles. The minimum atomic E-state index is -4.37. The van der Waals surface area contributed by atoms with E-state index in [1.807, 2.05) is 18.2 Å². The van der Waals surface area contributed by atoms with Crippen molar-refractivity contribution in [3.05, 3.63) is 71.6 Å². The smallest absolute Gasteiger partial charge is 0.416 e. The highest BCUT2D eigenvalue weighted by Crippen LogP contribution is 2.28. The predicted octanol–water partition coefficient (Wildman–Crippen LogP) is 1.71. The summed E-state index contributed by atoms with van der Waals surface area (Å²) in [5, 5.41) is 15.0. The van der Waals surface area contributed by atoms with Crippen LogP contribution in [0.25, 0.3) is 16.9 Å². The van der Waals surface area contributed by atoms with E-state index in [0.29, 0.717) is 23.5 Å². The van der Waals surface area contributed by atoms with E-state index < -0.39 is 18.2 Å². The Bertz CT molecular complexity index is 1280. The second-order valence-corrected chi connectivity index (χ2v) is 7.16. The van der Waals surface area contributed by atoms with Crippen molar-refractivity contribution in [3.8, 4) is 11.3 Å². The Morgan fingerprint density at radius 1 is 1.26 bits per heavy atom. The molecular weight excluding hydrogens is 455 g/mol. The minimum Gasteiger partial charge on any atom is -0.554 e. The average Bonchev–Trinajstić information content (AvgIpc) is 3.35. The molecule has 178 valence electrons. The number of aromatic nitrogens is 4. The van der Waals surface area contributed by atoms with Gasteiger partial charge in [0.05, 0.1) is 35.3 Å². The van der Waals surface area contributed by atoms with Gasteiger partial charge in [0, 0.05) is 30.4 Å². The number of hydrogen-bond donors (Lipinski definition) is 1. The number of aryl methyl sites for hydroxylation is 2. The van der Waals surface area contributed by atoms with Crippen LogP contribution < -0.4 is 15.0 Å². The predicted molar refractivity (Wildman–Crippen MR) is 110 cm³/mol. The number of carboxylic acid groups (broad SMARTS) is 1. The molecule has 0 aliphatic rings. The number of nitrogens with zero attached hydrogens (tertiary/aromatic N) is 4. The number of pyridine rings is 2. The summed E-state index contributed by atoms with van der Waals surface area (Å²) >= 11 is 0. The van der Waals surface area contributed by atoms with Crippen molar-refractivity contribution in [2.75, 3.05) is 6.54 Å². The van der Waals surface area contributed by atoms with E-state index in [2.05, 4.69) is 15.5 Å². The molecule has 0 unspecified atom stereocenters. The molecule has 4 aromatic heterocycles. The molecule has 9 nitrogen and oxygen atoms in total. The number of carbonyl (C=O) groups is 2. The lowest BCUT2D eigenvalue weighted by molar-refractivity contribution is -0.695. The zero-order chi connectivity index (χ0) is 24.9. The first-order valence-corrected chi connectivity index (χ1v) is 9.96. The van der Waals surface area contributed by atoms with Crippen molar-refractivity contribution < 1.29 is 37.0 Å². The van der Waals surface area contributed by atoms with Gasteiger partial charge in [-0.15, -0.1) is 0 Å². The lowest BCUT2D eigenvalue weighted by Crippen LogP contribution is -2.40. The van der Waals surface area contributed by atoms with E-state index in [4.69, 9.17) is 14.4 Å². The number of nitrogens with one attached hydrogen (secondary N) is 1. The molecule has 4 rings (SSSR count). The number of carbonyl (C=O) groups excluding carboxylic acids is 2. The Morgan fingerprint density at radius 3 is 2.53 bits per heavy atom. The molecule has 0 fully saturated rings. The highest BCUT2D eigenvalue weighted by atomic mass is 19.4. The van der Waals surface area contributed by atoms with Crippen molar-refractivity contribution >= 4 is 18.0 Å². The maximum absolute atomic E-state index is 12.6. The van der Waals surface area contributed by atoms with Crippen LogP contribution in [0, 0.1) is 13.8 Å². The number of rotatable bonds is 5. The van der Waals surface area contributed by atoms with Crippen LogP contribution in [0.15, 0.2) is 53.6 Å². The normalized spacial score (nSPS) is 11.1. The average molecular weight is 475 g/mol. The molecule has 0 aliphatic heterocycles. The monoisotopic (exact) mass is 475 g/mol. The van der Waals surface area contributed by atoms with Crippen molar-refractivity contribution in [2.45, 2.75) is 26.6 Å². The first-order valence-electron chi connectivity index (χ1n) is 9.96. The van der Waals surface area contributed by atoms with Gasteiger partial charge in [-0.25, -0.2) is 9.55 Å². The Balaban J connectivity index is 0.00000103. The van der Waals surface area contributed by atoms with E-state index in [0.717, 1.165) is 29.1 Å². The Labute approximate surface area is 191 Å². The third-order valence-corrected chi connectivity index (χ3v) is 4.94. The van der Waals surface area contributed by atoms with Gasteiger partial charge in [-0.2, -0.15) is 13.2 Å². The molecule has 0 radical (unpaired) electrons. The highest BCUT2D eigenvalue weighted by molar-refractivity contribution is 5.95. The fourth-order valence-electron chi connectivity index (χ4n) is 3.35. The topological polar surface area (TPSA) is 116 Å². The van der Waals surface area contributed by atoms with Gasteiger partial charge in [-0.1, -0.05) is 5.16 Å². The summed E-state index contributed by atoms with van der Waals surface area (Å²) in [5.74, 6) is 0.388. The lowest BCUT2D eigenvalue weighted by atomic mass is 10.1. The SMILES string of the molecule is Cc1noc(C)c1-c1cnc2cc(C(=O)NCC[n+]3ccc(C(F)(F)F)cc3)ccn12.O=C[O-].